The van der Waals surface area contributed by atoms with Crippen LogP contribution in [0.2, 0.25) is 0 Å². The van der Waals surface area contributed by atoms with E-state index in [1.807, 2.05) is 6.07 Å². The van der Waals surface area contributed by atoms with Crippen molar-refractivity contribution in [1.29, 1.82) is 0 Å². The number of nitrogens with zero attached hydrogens (tertiary/aromatic N) is 2. The van der Waals surface area contributed by atoms with Crippen molar-refractivity contribution in [2.45, 2.75) is 13.0 Å². The quantitative estimate of drug-likeness (QED) is 0.783. The molecule has 2 heterocycles. The van der Waals surface area contributed by atoms with Gasteiger partial charge in [0.05, 0.1) is 5.69 Å². The van der Waals surface area contributed by atoms with E-state index in [0.29, 0.717) is 11.3 Å². The first-order chi connectivity index (χ1) is 9.13. The molecule has 1 aromatic heterocycles. The van der Waals surface area contributed by atoms with Crippen LogP contribution < -0.4 is 0 Å². The molecule has 1 aliphatic heterocycles. The fraction of sp³-hybridized carbons (Fsp3) is 0.267. The zero-order valence-corrected chi connectivity index (χ0v) is 10.7. The average molecular weight is 260 g/mol. The molecule has 4 heteroatoms. The third-order valence-corrected chi connectivity index (χ3v) is 3.45. The molecule has 3 rings (SSSR count). The van der Waals surface area contributed by atoms with Crippen molar-refractivity contribution in [3.8, 4) is 11.3 Å². The molecular weight excluding hydrogens is 246 g/mol. The molecule has 0 fully saturated rings. The van der Waals surface area contributed by atoms with Crippen LogP contribution in [-0.4, -0.2) is 23.5 Å². The molecule has 0 aliphatic carbocycles. The topological polar surface area (TPSA) is 16.1 Å². The minimum absolute atomic E-state index is 0.350. The van der Waals surface area contributed by atoms with Crippen molar-refractivity contribution in [2.75, 3.05) is 13.6 Å². The highest BCUT2D eigenvalue weighted by Crippen LogP contribution is 2.25. The van der Waals surface area contributed by atoms with Crippen LogP contribution in [-0.2, 0) is 13.0 Å². The lowest BCUT2D eigenvalue weighted by Crippen LogP contribution is -2.27. The van der Waals surface area contributed by atoms with Gasteiger partial charge in [-0.1, -0.05) is 6.07 Å². The lowest BCUT2D eigenvalue weighted by molar-refractivity contribution is 0.310. The van der Waals surface area contributed by atoms with Gasteiger partial charge in [0.15, 0.2) is 0 Å². The lowest BCUT2D eigenvalue weighted by atomic mass is 10.0. The van der Waals surface area contributed by atoms with Gasteiger partial charge < -0.3 is 4.90 Å². The second-order valence-corrected chi connectivity index (χ2v) is 4.91. The smallest absolute Gasteiger partial charge is 0.135 e. The number of aromatic nitrogens is 1. The van der Waals surface area contributed by atoms with Crippen LogP contribution in [0.3, 0.4) is 0 Å². The SMILES string of the molecule is CN1CCc2nc(-c3ccc(F)cc3F)ccc2C1. The van der Waals surface area contributed by atoms with E-state index < -0.39 is 11.6 Å². The van der Waals surface area contributed by atoms with Gasteiger partial charge in [-0.25, -0.2) is 8.78 Å². The predicted molar refractivity (Wildman–Crippen MR) is 69.6 cm³/mol. The highest BCUT2D eigenvalue weighted by atomic mass is 19.1. The Balaban J connectivity index is 2.02. The molecule has 0 unspecified atom stereocenters. The highest BCUT2D eigenvalue weighted by Gasteiger charge is 2.16. The van der Waals surface area contributed by atoms with Gasteiger partial charge in [0, 0.05) is 36.8 Å². The Bertz CT molecular complexity index is 626. The van der Waals surface area contributed by atoms with Crippen LogP contribution in [0.1, 0.15) is 11.3 Å². The minimum Gasteiger partial charge on any atom is -0.302 e. The zero-order chi connectivity index (χ0) is 13.4. The molecule has 2 aromatic rings. The first kappa shape index (κ1) is 12.2. The van der Waals surface area contributed by atoms with Gasteiger partial charge in [0.25, 0.3) is 0 Å². The highest BCUT2D eigenvalue weighted by molar-refractivity contribution is 5.60. The molecule has 19 heavy (non-hydrogen) atoms. The minimum atomic E-state index is -0.569. The van der Waals surface area contributed by atoms with Crippen molar-refractivity contribution in [3.63, 3.8) is 0 Å². The molecule has 0 atom stereocenters. The largest absolute Gasteiger partial charge is 0.302 e. The van der Waals surface area contributed by atoms with Crippen molar-refractivity contribution in [2.24, 2.45) is 0 Å². The van der Waals surface area contributed by atoms with E-state index in [4.69, 9.17) is 0 Å². The fourth-order valence-electron chi connectivity index (χ4n) is 2.40. The van der Waals surface area contributed by atoms with E-state index >= 15 is 0 Å². The van der Waals surface area contributed by atoms with E-state index in [2.05, 4.69) is 16.9 Å². The molecule has 1 aromatic carbocycles. The molecule has 0 amide bonds. The third kappa shape index (κ3) is 2.36. The number of likely N-dealkylation sites (N-methyl/N-ethyl adjacent to an activating group) is 1. The zero-order valence-electron chi connectivity index (χ0n) is 10.7. The second-order valence-electron chi connectivity index (χ2n) is 4.91. The number of rotatable bonds is 1. The molecule has 0 bridgehead atoms. The Morgan fingerprint density at radius 1 is 1.16 bits per heavy atom. The van der Waals surface area contributed by atoms with Crippen LogP contribution in [0, 0.1) is 11.6 Å². The maximum Gasteiger partial charge on any atom is 0.135 e. The monoisotopic (exact) mass is 260 g/mol. The van der Waals surface area contributed by atoms with Crippen LogP contribution in [0.25, 0.3) is 11.3 Å². The van der Waals surface area contributed by atoms with E-state index in [-0.39, 0.29) is 0 Å². The third-order valence-electron chi connectivity index (χ3n) is 3.45. The first-order valence-electron chi connectivity index (χ1n) is 6.26. The summed E-state index contributed by atoms with van der Waals surface area (Å²) in [4.78, 5) is 6.74. The van der Waals surface area contributed by atoms with Crippen LogP contribution in [0.5, 0.6) is 0 Å². The van der Waals surface area contributed by atoms with Crippen molar-refractivity contribution in [3.05, 3.63) is 53.2 Å². The maximum atomic E-state index is 13.7. The van der Waals surface area contributed by atoms with Crippen molar-refractivity contribution in [1.82, 2.24) is 9.88 Å². The van der Waals surface area contributed by atoms with E-state index in [1.54, 1.807) is 6.07 Å². The van der Waals surface area contributed by atoms with Crippen LogP contribution in [0.15, 0.2) is 30.3 Å². The number of pyridine rings is 1. The number of halogens is 2. The van der Waals surface area contributed by atoms with Gasteiger partial charge in [-0.3, -0.25) is 4.98 Å². The van der Waals surface area contributed by atoms with Crippen molar-refractivity contribution < 1.29 is 8.78 Å². The molecule has 98 valence electrons. The fourth-order valence-corrected chi connectivity index (χ4v) is 2.40. The van der Waals surface area contributed by atoms with Gasteiger partial charge in [-0.05, 0) is 30.8 Å². The Kier molecular flexibility index (Phi) is 3.03. The molecular formula is C15H14F2N2. The molecule has 2 nitrogen and oxygen atoms in total. The van der Waals surface area contributed by atoms with Gasteiger partial charge >= 0.3 is 0 Å². The summed E-state index contributed by atoms with van der Waals surface area (Å²) in [5.41, 5.74) is 3.11. The molecule has 0 spiro atoms. The van der Waals surface area contributed by atoms with Crippen LogP contribution >= 0.6 is 0 Å². The summed E-state index contributed by atoms with van der Waals surface area (Å²) in [7, 11) is 2.07. The lowest BCUT2D eigenvalue weighted by Gasteiger charge is -2.24. The summed E-state index contributed by atoms with van der Waals surface area (Å²) >= 11 is 0. The number of benzene rings is 1. The Morgan fingerprint density at radius 2 is 2.00 bits per heavy atom. The van der Waals surface area contributed by atoms with Gasteiger partial charge in [-0.2, -0.15) is 0 Å². The molecule has 0 saturated carbocycles. The molecule has 0 saturated heterocycles. The summed E-state index contributed by atoms with van der Waals surface area (Å²) in [5, 5.41) is 0. The van der Waals surface area contributed by atoms with Crippen molar-refractivity contribution >= 4 is 0 Å². The maximum absolute atomic E-state index is 13.7. The van der Waals surface area contributed by atoms with Gasteiger partial charge in [0.2, 0.25) is 0 Å². The van der Waals surface area contributed by atoms with Gasteiger partial charge in [-0.15, -0.1) is 0 Å². The number of fused-ring (bicyclic) bond motifs is 1. The average Bonchev–Trinajstić information content (AvgIpc) is 2.38. The molecule has 0 N–H and O–H groups in total. The summed E-state index contributed by atoms with van der Waals surface area (Å²) in [6.07, 6.45) is 0.864. The first-order valence-corrected chi connectivity index (χ1v) is 6.26. The van der Waals surface area contributed by atoms with E-state index in [9.17, 15) is 8.78 Å². The Morgan fingerprint density at radius 3 is 2.79 bits per heavy atom. The summed E-state index contributed by atoms with van der Waals surface area (Å²) < 4.78 is 26.7. The second kappa shape index (κ2) is 4.70. The Labute approximate surface area is 110 Å². The molecule has 0 radical (unpaired) electrons. The Hall–Kier alpha value is -1.81. The van der Waals surface area contributed by atoms with E-state index in [0.717, 1.165) is 31.3 Å². The van der Waals surface area contributed by atoms with E-state index in [1.165, 1.54) is 17.7 Å². The number of hydrogen-bond donors (Lipinski definition) is 0. The predicted octanol–water partition coefficient (Wildman–Crippen LogP) is 3.01. The molecule has 1 aliphatic rings. The summed E-state index contributed by atoms with van der Waals surface area (Å²) in [5.74, 6) is -1.14. The van der Waals surface area contributed by atoms with Gasteiger partial charge in [0.1, 0.15) is 11.6 Å². The van der Waals surface area contributed by atoms with Crippen LogP contribution in [0.4, 0.5) is 8.78 Å². The number of hydrogen-bond acceptors (Lipinski definition) is 2. The summed E-state index contributed by atoms with van der Waals surface area (Å²) in [6.45, 7) is 1.82. The normalized spacial score (nSPS) is 15.3. The summed E-state index contributed by atoms with van der Waals surface area (Å²) in [6, 6.07) is 7.37. The standard InChI is InChI=1S/C15H14F2N2/c1-19-7-6-14-10(9-19)2-5-15(18-14)12-4-3-11(16)8-13(12)17/h2-5,8H,6-7,9H2,1H3.